The first kappa shape index (κ1) is 12.3. The lowest BCUT2D eigenvalue weighted by atomic mass is 10.1. The van der Waals surface area contributed by atoms with Crippen LogP contribution in [-0.4, -0.2) is 46.6 Å². The zero-order valence-corrected chi connectivity index (χ0v) is 11.2. The van der Waals surface area contributed by atoms with Gasteiger partial charge in [0.1, 0.15) is 0 Å². The van der Waals surface area contributed by atoms with Gasteiger partial charge in [-0.05, 0) is 33.8 Å². The fourth-order valence-electron chi connectivity index (χ4n) is 2.33. The zero-order valence-electron chi connectivity index (χ0n) is 11.2. The van der Waals surface area contributed by atoms with Gasteiger partial charge >= 0.3 is 0 Å². The topological polar surface area (TPSA) is 32.3 Å². The van der Waals surface area contributed by atoms with Crippen molar-refractivity contribution in [2.75, 3.05) is 24.5 Å². The van der Waals surface area contributed by atoms with Crippen molar-refractivity contribution in [3.63, 3.8) is 0 Å². The standard InChI is InChI=1S/C13H22N4/c1-10(2)16-7-8-17(12(4)9-16)13-14-6-5-11(3)15-13/h5-6,10,12H,7-9H2,1-4H3. The summed E-state index contributed by atoms with van der Waals surface area (Å²) in [6.07, 6.45) is 1.85. The molecule has 0 aliphatic carbocycles. The van der Waals surface area contributed by atoms with Crippen LogP contribution in [0.1, 0.15) is 26.5 Å². The molecule has 1 fully saturated rings. The van der Waals surface area contributed by atoms with E-state index in [1.807, 2.05) is 19.2 Å². The van der Waals surface area contributed by atoms with E-state index in [2.05, 4.69) is 40.5 Å². The number of hydrogen-bond donors (Lipinski definition) is 0. The number of anilines is 1. The Labute approximate surface area is 104 Å². The van der Waals surface area contributed by atoms with Gasteiger partial charge in [-0.3, -0.25) is 4.90 Å². The number of hydrogen-bond acceptors (Lipinski definition) is 4. The van der Waals surface area contributed by atoms with Crippen LogP contribution in [0.15, 0.2) is 12.3 Å². The molecule has 1 unspecified atom stereocenters. The van der Waals surface area contributed by atoms with Gasteiger partial charge in [-0.1, -0.05) is 0 Å². The van der Waals surface area contributed by atoms with Crippen molar-refractivity contribution in [1.29, 1.82) is 0 Å². The minimum Gasteiger partial charge on any atom is -0.336 e. The Kier molecular flexibility index (Phi) is 3.62. The first-order valence-electron chi connectivity index (χ1n) is 6.38. The second kappa shape index (κ2) is 5.00. The van der Waals surface area contributed by atoms with E-state index in [4.69, 9.17) is 0 Å². The second-order valence-corrected chi connectivity index (χ2v) is 5.13. The molecule has 2 rings (SSSR count). The maximum atomic E-state index is 4.51. The lowest BCUT2D eigenvalue weighted by Gasteiger charge is -2.41. The number of aryl methyl sites for hydroxylation is 1. The molecule has 0 amide bonds. The predicted octanol–water partition coefficient (Wildman–Crippen LogP) is 1.70. The van der Waals surface area contributed by atoms with Crippen LogP contribution < -0.4 is 4.90 Å². The summed E-state index contributed by atoms with van der Waals surface area (Å²) in [5.74, 6) is 0.876. The van der Waals surface area contributed by atoms with E-state index in [-0.39, 0.29) is 0 Å². The molecule has 94 valence electrons. The number of piperazine rings is 1. The molecule has 0 spiro atoms. The maximum Gasteiger partial charge on any atom is 0.225 e. The number of aromatic nitrogens is 2. The highest BCUT2D eigenvalue weighted by Gasteiger charge is 2.26. The van der Waals surface area contributed by atoms with Crippen LogP contribution >= 0.6 is 0 Å². The van der Waals surface area contributed by atoms with E-state index in [1.54, 1.807) is 0 Å². The largest absolute Gasteiger partial charge is 0.336 e. The molecule has 1 aliphatic heterocycles. The Bertz CT molecular complexity index is 377. The number of rotatable bonds is 2. The summed E-state index contributed by atoms with van der Waals surface area (Å²) in [6.45, 7) is 12.0. The first-order chi connectivity index (χ1) is 8.08. The third-order valence-electron chi connectivity index (χ3n) is 3.43. The molecule has 1 atom stereocenters. The SMILES string of the molecule is Cc1ccnc(N2CCN(C(C)C)CC2C)n1. The summed E-state index contributed by atoms with van der Waals surface area (Å²) in [6, 6.07) is 3.05. The monoisotopic (exact) mass is 234 g/mol. The molecule has 17 heavy (non-hydrogen) atoms. The van der Waals surface area contributed by atoms with Crippen LogP contribution in [0.5, 0.6) is 0 Å². The molecule has 1 aliphatic rings. The van der Waals surface area contributed by atoms with Crippen LogP contribution in [0.3, 0.4) is 0 Å². The highest BCUT2D eigenvalue weighted by atomic mass is 15.3. The fourth-order valence-corrected chi connectivity index (χ4v) is 2.33. The molecule has 0 radical (unpaired) electrons. The molecular weight excluding hydrogens is 212 g/mol. The van der Waals surface area contributed by atoms with Crippen molar-refractivity contribution >= 4 is 5.95 Å². The molecular formula is C13H22N4. The van der Waals surface area contributed by atoms with Crippen LogP contribution in [-0.2, 0) is 0 Å². The summed E-state index contributed by atoms with van der Waals surface area (Å²) in [7, 11) is 0. The van der Waals surface area contributed by atoms with Crippen LogP contribution in [0.2, 0.25) is 0 Å². The van der Waals surface area contributed by atoms with Gasteiger partial charge in [-0.25, -0.2) is 9.97 Å². The van der Waals surface area contributed by atoms with Crippen molar-refractivity contribution < 1.29 is 0 Å². The Balaban J connectivity index is 2.09. The van der Waals surface area contributed by atoms with Crippen LogP contribution in [0, 0.1) is 6.92 Å². The van der Waals surface area contributed by atoms with E-state index in [0.29, 0.717) is 12.1 Å². The molecule has 1 aromatic rings. The van der Waals surface area contributed by atoms with Crippen LogP contribution in [0.25, 0.3) is 0 Å². The molecule has 0 aromatic carbocycles. The van der Waals surface area contributed by atoms with E-state index in [9.17, 15) is 0 Å². The quantitative estimate of drug-likeness (QED) is 0.779. The Morgan fingerprint density at radius 1 is 1.35 bits per heavy atom. The van der Waals surface area contributed by atoms with E-state index >= 15 is 0 Å². The zero-order chi connectivity index (χ0) is 12.4. The first-order valence-corrected chi connectivity index (χ1v) is 6.38. The third kappa shape index (κ3) is 2.75. The van der Waals surface area contributed by atoms with Gasteiger partial charge in [-0.2, -0.15) is 0 Å². The average molecular weight is 234 g/mol. The minimum atomic E-state index is 0.480. The highest BCUT2D eigenvalue weighted by molar-refractivity contribution is 5.32. The Hall–Kier alpha value is -1.16. The number of nitrogens with zero attached hydrogens (tertiary/aromatic N) is 4. The summed E-state index contributed by atoms with van der Waals surface area (Å²) >= 11 is 0. The summed E-state index contributed by atoms with van der Waals surface area (Å²) in [5, 5.41) is 0. The Morgan fingerprint density at radius 3 is 2.71 bits per heavy atom. The van der Waals surface area contributed by atoms with Gasteiger partial charge in [0.25, 0.3) is 0 Å². The van der Waals surface area contributed by atoms with Crippen molar-refractivity contribution in [3.8, 4) is 0 Å². The minimum absolute atomic E-state index is 0.480. The van der Waals surface area contributed by atoms with Gasteiger partial charge in [0.05, 0.1) is 0 Å². The van der Waals surface area contributed by atoms with E-state index in [1.165, 1.54) is 0 Å². The lowest BCUT2D eigenvalue weighted by Crippen LogP contribution is -2.54. The molecule has 2 heterocycles. The van der Waals surface area contributed by atoms with Crippen molar-refractivity contribution in [2.45, 2.75) is 39.8 Å². The summed E-state index contributed by atoms with van der Waals surface area (Å²) in [5.41, 5.74) is 1.04. The third-order valence-corrected chi connectivity index (χ3v) is 3.43. The van der Waals surface area contributed by atoms with Gasteiger partial charge in [0.2, 0.25) is 5.95 Å². The molecule has 0 bridgehead atoms. The van der Waals surface area contributed by atoms with Crippen molar-refractivity contribution in [3.05, 3.63) is 18.0 Å². The van der Waals surface area contributed by atoms with Gasteiger partial charge in [0.15, 0.2) is 0 Å². The Morgan fingerprint density at radius 2 is 2.12 bits per heavy atom. The van der Waals surface area contributed by atoms with Gasteiger partial charge in [-0.15, -0.1) is 0 Å². The average Bonchev–Trinajstić information content (AvgIpc) is 2.28. The van der Waals surface area contributed by atoms with Gasteiger partial charge in [0, 0.05) is 43.6 Å². The lowest BCUT2D eigenvalue weighted by molar-refractivity contribution is 0.184. The molecule has 4 nitrogen and oxygen atoms in total. The molecule has 0 N–H and O–H groups in total. The molecule has 4 heteroatoms. The van der Waals surface area contributed by atoms with Gasteiger partial charge < -0.3 is 4.90 Å². The predicted molar refractivity (Wildman–Crippen MR) is 70.3 cm³/mol. The fraction of sp³-hybridized carbons (Fsp3) is 0.692. The van der Waals surface area contributed by atoms with E-state index in [0.717, 1.165) is 31.3 Å². The van der Waals surface area contributed by atoms with Crippen molar-refractivity contribution in [1.82, 2.24) is 14.9 Å². The summed E-state index contributed by atoms with van der Waals surface area (Å²) in [4.78, 5) is 13.7. The molecule has 1 aromatic heterocycles. The second-order valence-electron chi connectivity index (χ2n) is 5.13. The maximum absolute atomic E-state index is 4.51. The molecule has 1 saturated heterocycles. The highest BCUT2D eigenvalue weighted by Crippen LogP contribution is 2.17. The van der Waals surface area contributed by atoms with E-state index < -0.39 is 0 Å². The summed E-state index contributed by atoms with van der Waals surface area (Å²) < 4.78 is 0. The normalized spacial score (nSPS) is 22.2. The molecule has 0 saturated carbocycles. The van der Waals surface area contributed by atoms with Crippen molar-refractivity contribution in [2.24, 2.45) is 0 Å². The smallest absolute Gasteiger partial charge is 0.225 e. The van der Waals surface area contributed by atoms with Crippen LogP contribution in [0.4, 0.5) is 5.95 Å².